The summed E-state index contributed by atoms with van der Waals surface area (Å²) in [7, 11) is 0. The zero-order valence-electron chi connectivity index (χ0n) is 14.9. The molecule has 1 aliphatic rings. The van der Waals surface area contributed by atoms with Crippen molar-refractivity contribution in [3.05, 3.63) is 40.0 Å². The molecule has 1 aromatic heterocycles. The fourth-order valence-electron chi connectivity index (χ4n) is 2.58. The highest BCUT2D eigenvalue weighted by Gasteiger charge is 2.50. The average Bonchev–Trinajstić information content (AvgIpc) is 2.93. The van der Waals surface area contributed by atoms with Crippen LogP contribution >= 0.6 is 11.6 Å². The molecule has 2 amide bonds. The lowest BCUT2D eigenvalue weighted by Crippen LogP contribution is -2.42. The molecule has 27 heavy (non-hydrogen) atoms. The van der Waals surface area contributed by atoms with Crippen molar-refractivity contribution in [2.75, 3.05) is 13.1 Å². The lowest BCUT2D eigenvalue weighted by Gasteiger charge is -2.16. The van der Waals surface area contributed by atoms with Crippen LogP contribution in [0.3, 0.4) is 0 Å². The molecule has 0 radical (unpaired) electrons. The van der Waals surface area contributed by atoms with Gasteiger partial charge in [0.25, 0.3) is 11.8 Å². The lowest BCUT2D eigenvalue weighted by atomic mass is 10.2. The van der Waals surface area contributed by atoms with E-state index in [1.165, 1.54) is 12.3 Å². The standard InChI is InChI=1S/C17H20ClF2N5O2/c1-10(2)22-6-11-4-12(13(18)7-23-11)16(27)24-8-15(26)25-9-17(19,20)5-14(25)21-3/h4,7,10,14,22H,5-6,8-9H2,1-2H3,(H,24,27). The van der Waals surface area contributed by atoms with Gasteiger partial charge >= 0.3 is 6.17 Å². The third kappa shape index (κ3) is 5.58. The minimum absolute atomic E-state index is 0.111. The number of aromatic nitrogens is 1. The lowest BCUT2D eigenvalue weighted by molar-refractivity contribution is -0.131. The van der Waals surface area contributed by atoms with Crippen LogP contribution in [0.4, 0.5) is 8.78 Å². The van der Waals surface area contributed by atoms with E-state index in [1.54, 1.807) is 0 Å². The van der Waals surface area contributed by atoms with E-state index >= 15 is 0 Å². The minimum atomic E-state index is -3.10. The van der Waals surface area contributed by atoms with E-state index in [9.17, 15) is 18.4 Å². The van der Waals surface area contributed by atoms with Gasteiger partial charge in [0.2, 0.25) is 5.91 Å². The van der Waals surface area contributed by atoms with Crippen molar-refractivity contribution in [3.63, 3.8) is 0 Å². The van der Waals surface area contributed by atoms with Gasteiger partial charge in [0.05, 0.1) is 29.4 Å². The van der Waals surface area contributed by atoms with Crippen LogP contribution in [0.5, 0.6) is 0 Å². The second-order valence-electron chi connectivity index (χ2n) is 6.57. The van der Waals surface area contributed by atoms with Crippen molar-refractivity contribution in [1.82, 2.24) is 20.5 Å². The van der Waals surface area contributed by atoms with E-state index < -0.39 is 43.4 Å². The van der Waals surface area contributed by atoms with Crippen molar-refractivity contribution >= 4 is 23.4 Å². The molecule has 2 N–H and O–H groups in total. The Hall–Kier alpha value is -2.31. The Balaban J connectivity index is 2.00. The summed E-state index contributed by atoms with van der Waals surface area (Å²) in [5, 5.41) is 5.64. The van der Waals surface area contributed by atoms with E-state index in [0.29, 0.717) is 12.2 Å². The third-order valence-corrected chi connectivity index (χ3v) is 4.26. The van der Waals surface area contributed by atoms with E-state index in [2.05, 4.69) is 20.5 Å². The summed E-state index contributed by atoms with van der Waals surface area (Å²) < 4.78 is 26.9. The first-order valence-electron chi connectivity index (χ1n) is 8.33. The topological polar surface area (TPSA) is 78.7 Å². The molecular weight excluding hydrogens is 380 g/mol. The second-order valence-corrected chi connectivity index (χ2v) is 6.97. The molecule has 0 saturated carbocycles. The number of carbonyl (C=O) groups excluding carboxylic acids is 2. The van der Waals surface area contributed by atoms with Crippen molar-refractivity contribution in [1.29, 1.82) is 0 Å². The van der Waals surface area contributed by atoms with E-state index in [4.69, 9.17) is 18.2 Å². The predicted molar refractivity (Wildman–Crippen MR) is 95.2 cm³/mol. The highest BCUT2D eigenvalue weighted by atomic mass is 35.5. The van der Waals surface area contributed by atoms with Crippen LogP contribution in [0.15, 0.2) is 12.3 Å². The second kappa shape index (κ2) is 8.59. The molecular formula is C17H20ClF2N5O2. The molecule has 146 valence electrons. The van der Waals surface area contributed by atoms with Crippen molar-refractivity contribution in [3.8, 4) is 0 Å². The first-order valence-corrected chi connectivity index (χ1v) is 8.70. The van der Waals surface area contributed by atoms with Crippen LogP contribution < -0.4 is 10.6 Å². The van der Waals surface area contributed by atoms with E-state index in [0.717, 1.165) is 4.90 Å². The Morgan fingerprint density at radius 3 is 2.85 bits per heavy atom. The van der Waals surface area contributed by atoms with Gasteiger partial charge in [-0.2, -0.15) is 0 Å². The number of carbonyl (C=O) groups is 2. The highest BCUT2D eigenvalue weighted by molar-refractivity contribution is 6.33. The Labute approximate surface area is 160 Å². The summed E-state index contributed by atoms with van der Waals surface area (Å²) in [4.78, 5) is 32.4. The SMILES string of the molecule is [C-]#[N+]C1CC(F)(F)CN1C(=O)CNC(=O)c1cc(CNC(C)C)ncc1Cl. The number of nitrogens with zero attached hydrogens (tertiary/aromatic N) is 3. The van der Waals surface area contributed by atoms with Gasteiger partial charge in [-0.1, -0.05) is 25.4 Å². The van der Waals surface area contributed by atoms with Gasteiger partial charge in [-0.25, -0.2) is 15.4 Å². The summed E-state index contributed by atoms with van der Waals surface area (Å²) in [6.07, 6.45) is -0.577. The van der Waals surface area contributed by atoms with Crippen LogP contribution in [0.25, 0.3) is 4.85 Å². The molecule has 1 aromatic rings. The van der Waals surface area contributed by atoms with Crippen molar-refractivity contribution in [2.45, 2.75) is 44.9 Å². The summed E-state index contributed by atoms with van der Waals surface area (Å²) >= 11 is 6.00. The molecule has 1 aliphatic heterocycles. The Kier molecular flexibility index (Phi) is 6.68. The van der Waals surface area contributed by atoms with Crippen LogP contribution in [-0.2, 0) is 11.3 Å². The number of pyridine rings is 1. The van der Waals surface area contributed by atoms with Crippen LogP contribution in [0.2, 0.25) is 5.02 Å². The van der Waals surface area contributed by atoms with Gasteiger partial charge in [-0.05, 0) is 6.07 Å². The molecule has 10 heteroatoms. The predicted octanol–water partition coefficient (Wildman–Crippen LogP) is 2.08. The zero-order chi connectivity index (χ0) is 20.2. The number of nitrogens with one attached hydrogen (secondary N) is 2. The average molecular weight is 400 g/mol. The van der Waals surface area contributed by atoms with Crippen LogP contribution in [0, 0.1) is 6.57 Å². The number of hydrogen-bond acceptors (Lipinski definition) is 4. The molecule has 2 rings (SSSR count). The number of amides is 2. The molecule has 0 bridgehead atoms. The molecule has 1 saturated heterocycles. The van der Waals surface area contributed by atoms with Gasteiger partial charge in [0.15, 0.2) is 0 Å². The molecule has 0 aromatic carbocycles. The largest absolute Gasteiger partial charge is 0.343 e. The summed E-state index contributed by atoms with van der Waals surface area (Å²) in [5.41, 5.74) is 0.727. The first-order chi connectivity index (χ1) is 12.6. The fourth-order valence-corrected chi connectivity index (χ4v) is 2.77. The van der Waals surface area contributed by atoms with Gasteiger partial charge < -0.3 is 10.6 Å². The number of likely N-dealkylation sites (tertiary alicyclic amines) is 1. The monoisotopic (exact) mass is 399 g/mol. The Morgan fingerprint density at radius 2 is 2.22 bits per heavy atom. The molecule has 2 heterocycles. The van der Waals surface area contributed by atoms with Crippen molar-refractivity contribution in [2.24, 2.45) is 0 Å². The molecule has 7 nitrogen and oxygen atoms in total. The highest BCUT2D eigenvalue weighted by Crippen LogP contribution is 2.32. The summed E-state index contributed by atoms with van der Waals surface area (Å²) in [6.45, 7) is 9.99. The van der Waals surface area contributed by atoms with Crippen LogP contribution in [-0.4, -0.2) is 52.9 Å². The maximum absolute atomic E-state index is 13.4. The summed E-state index contributed by atoms with van der Waals surface area (Å²) in [6, 6.07) is 1.73. The minimum Gasteiger partial charge on any atom is -0.343 e. The number of halogens is 3. The van der Waals surface area contributed by atoms with Gasteiger partial charge in [0, 0.05) is 18.8 Å². The Morgan fingerprint density at radius 1 is 1.52 bits per heavy atom. The Bertz CT molecular complexity index is 766. The molecule has 1 atom stereocenters. The first kappa shape index (κ1) is 21.0. The fraction of sp³-hybridized carbons (Fsp3) is 0.529. The molecule has 1 fully saturated rings. The zero-order valence-corrected chi connectivity index (χ0v) is 15.7. The normalized spacial score (nSPS) is 18.4. The van der Waals surface area contributed by atoms with Gasteiger partial charge in [-0.15, -0.1) is 0 Å². The maximum Gasteiger partial charge on any atom is 0.306 e. The number of hydrogen-bond donors (Lipinski definition) is 2. The third-order valence-electron chi connectivity index (χ3n) is 3.96. The van der Waals surface area contributed by atoms with Crippen LogP contribution in [0.1, 0.15) is 36.3 Å². The van der Waals surface area contributed by atoms with E-state index in [1.807, 2.05) is 13.8 Å². The van der Waals surface area contributed by atoms with Gasteiger partial charge in [0.1, 0.15) is 6.42 Å². The van der Waals surface area contributed by atoms with Crippen molar-refractivity contribution < 1.29 is 18.4 Å². The molecule has 0 aliphatic carbocycles. The number of alkyl halides is 2. The number of rotatable bonds is 6. The van der Waals surface area contributed by atoms with E-state index in [-0.39, 0.29) is 16.6 Å². The molecule has 0 spiro atoms. The summed E-state index contributed by atoms with van der Waals surface area (Å²) in [5.74, 6) is -4.46. The molecule has 1 unspecified atom stereocenters. The smallest absolute Gasteiger partial charge is 0.306 e. The quantitative estimate of drug-likeness (QED) is 0.718. The van der Waals surface area contributed by atoms with Gasteiger partial charge in [-0.3, -0.25) is 24.3 Å². The maximum atomic E-state index is 13.4.